The van der Waals surface area contributed by atoms with Gasteiger partial charge in [0, 0.05) is 29.3 Å². The molecule has 2 rings (SSSR count). The average Bonchev–Trinajstić information content (AvgIpc) is 2.70. The van der Waals surface area contributed by atoms with Crippen molar-refractivity contribution in [2.75, 3.05) is 11.6 Å². The van der Waals surface area contributed by atoms with Gasteiger partial charge in [-0.1, -0.05) is 17.7 Å². The molecule has 1 amide bonds. The summed E-state index contributed by atoms with van der Waals surface area (Å²) in [5.74, 6) is -0.201. The molecule has 0 atom stereocenters. The third kappa shape index (κ3) is 3.89. The Morgan fingerprint density at radius 1 is 1.48 bits per heavy atom. The van der Waals surface area contributed by atoms with E-state index in [1.807, 2.05) is 37.4 Å². The lowest BCUT2D eigenvalue weighted by Gasteiger charge is -2.03. The van der Waals surface area contributed by atoms with Gasteiger partial charge in [0.05, 0.1) is 5.69 Å². The molecule has 0 spiro atoms. The predicted molar refractivity (Wildman–Crippen MR) is 88.8 cm³/mol. The number of carbonyl (C=O) groups is 1. The molecular formula is C15H16ClN3OS. The van der Waals surface area contributed by atoms with E-state index in [2.05, 4.69) is 10.4 Å². The molecule has 0 saturated carbocycles. The largest absolute Gasteiger partial charge is 0.322 e. The molecule has 0 aliphatic rings. The second kappa shape index (κ2) is 6.83. The topological polar surface area (TPSA) is 46.9 Å². The first-order chi connectivity index (χ1) is 10.0. The lowest BCUT2D eigenvalue weighted by Crippen LogP contribution is -2.07. The van der Waals surface area contributed by atoms with Crippen LogP contribution in [0.2, 0.25) is 5.15 Å². The molecule has 6 heteroatoms. The van der Waals surface area contributed by atoms with Gasteiger partial charge in [0.25, 0.3) is 0 Å². The fourth-order valence-corrected chi connectivity index (χ4v) is 2.58. The maximum atomic E-state index is 11.9. The highest BCUT2D eigenvalue weighted by atomic mass is 35.5. The normalized spacial score (nSPS) is 11.0. The fraction of sp³-hybridized carbons (Fsp3) is 0.200. The van der Waals surface area contributed by atoms with Crippen LogP contribution in [-0.2, 0) is 11.8 Å². The first kappa shape index (κ1) is 15.7. The summed E-state index contributed by atoms with van der Waals surface area (Å²) in [6.07, 6.45) is 5.13. The van der Waals surface area contributed by atoms with E-state index < -0.39 is 0 Å². The Labute approximate surface area is 133 Å². The van der Waals surface area contributed by atoms with Gasteiger partial charge < -0.3 is 5.32 Å². The van der Waals surface area contributed by atoms with Crippen molar-refractivity contribution >= 4 is 41.0 Å². The molecule has 0 aliphatic carbocycles. The number of amides is 1. The van der Waals surface area contributed by atoms with Gasteiger partial charge in [-0.2, -0.15) is 5.10 Å². The molecule has 4 nitrogen and oxygen atoms in total. The minimum Gasteiger partial charge on any atom is -0.322 e. The molecule has 1 N–H and O–H groups in total. The number of carbonyl (C=O) groups excluding carboxylic acids is 1. The molecule has 0 saturated heterocycles. The van der Waals surface area contributed by atoms with Gasteiger partial charge in [-0.3, -0.25) is 9.48 Å². The van der Waals surface area contributed by atoms with Crippen LogP contribution in [0.25, 0.3) is 6.08 Å². The van der Waals surface area contributed by atoms with Crippen LogP contribution in [0.1, 0.15) is 11.3 Å². The molecule has 0 unspecified atom stereocenters. The molecule has 110 valence electrons. The zero-order chi connectivity index (χ0) is 15.4. The molecule has 0 fully saturated rings. The van der Waals surface area contributed by atoms with Crippen molar-refractivity contribution in [2.45, 2.75) is 11.8 Å². The van der Waals surface area contributed by atoms with Gasteiger partial charge >= 0.3 is 0 Å². The summed E-state index contributed by atoms with van der Waals surface area (Å²) in [6.45, 7) is 1.85. The molecule has 2 aromatic rings. The Morgan fingerprint density at radius 3 is 2.86 bits per heavy atom. The predicted octanol–water partition coefficient (Wildman–Crippen LogP) is 3.76. The van der Waals surface area contributed by atoms with Gasteiger partial charge in [-0.25, -0.2) is 0 Å². The number of anilines is 1. The molecule has 21 heavy (non-hydrogen) atoms. The highest BCUT2D eigenvalue weighted by Crippen LogP contribution is 2.21. The van der Waals surface area contributed by atoms with E-state index >= 15 is 0 Å². The van der Waals surface area contributed by atoms with E-state index in [1.54, 1.807) is 29.6 Å². The second-order valence-corrected chi connectivity index (χ2v) is 5.71. The average molecular weight is 322 g/mol. The molecule has 1 aromatic carbocycles. The molecule has 1 aromatic heterocycles. The minimum absolute atomic E-state index is 0.201. The minimum atomic E-state index is -0.201. The van der Waals surface area contributed by atoms with Crippen LogP contribution >= 0.6 is 23.4 Å². The number of nitrogens with one attached hydrogen (secondary N) is 1. The number of halogens is 1. The summed E-state index contributed by atoms with van der Waals surface area (Å²) in [4.78, 5) is 13.0. The number of aromatic nitrogens is 2. The van der Waals surface area contributed by atoms with Crippen molar-refractivity contribution in [3.05, 3.63) is 46.8 Å². The van der Waals surface area contributed by atoms with Crippen molar-refractivity contribution in [1.82, 2.24) is 9.78 Å². The molecule has 1 heterocycles. The Kier molecular flexibility index (Phi) is 5.09. The summed E-state index contributed by atoms with van der Waals surface area (Å²) in [5.41, 5.74) is 2.31. The van der Waals surface area contributed by atoms with Gasteiger partial charge in [0.1, 0.15) is 5.15 Å². The summed E-state index contributed by atoms with van der Waals surface area (Å²) in [5, 5.41) is 7.53. The number of aryl methyl sites for hydroxylation is 2. The van der Waals surface area contributed by atoms with E-state index in [4.69, 9.17) is 11.6 Å². The van der Waals surface area contributed by atoms with Crippen LogP contribution in [0, 0.1) is 6.92 Å². The maximum Gasteiger partial charge on any atom is 0.248 e. The van der Waals surface area contributed by atoms with Gasteiger partial charge in [-0.15, -0.1) is 11.8 Å². The Bertz CT molecular complexity index is 694. The van der Waals surface area contributed by atoms with Crippen molar-refractivity contribution in [2.24, 2.45) is 7.05 Å². The summed E-state index contributed by atoms with van der Waals surface area (Å²) >= 11 is 7.74. The van der Waals surface area contributed by atoms with Crippen LogP contribution in [0.5, 0.6) is 0 Å². The SMILES string of the molecule is CSc1cccc(NC(=O)/C=C/c2c(C)nn(C)c2Cl)c1. The summed E-state index contributed by atoms with van der Waals surface area (Å²) < 4.78 is 1.58. The smallest absolute Gasteiger partial charge is 0.248 e. The number of thioether (sulfide) groups is 1. The van der Waals surface area contributed by atoms with E-state index in [1.165, 1.54) is 6.08 Å². The second-order valence-electron chi connectivity index (χ2n) is 4.47. The van der Waals surface area contributed by atoms with E-state index in [0.717, 1.165) is 21.8 Å². The third-order valence-corrected chi connectivity index (χ3v) is 4.11. The van der Waals surface area contributed by atoms with E-state index in [9.17, 15) is 4.79 Å². The lowest BCUT2D eigenvalue weighted by atomic mass is 10.2. The van der Waals surface area contributed by atoms with Crippen LogP contribution in [0.4, 0.5) is 5.69 Å². The van der Waals surface area contributed by atoms with Crippen molar-refractivity contribution in [1.29, 1.82) is 0 Å². The summed E-state index contributed by atoms with van der Waals surface area (Å²) in [6, 6.07) is 7.69. The zero-order valence-electron chi connectivity index (χ0n) is 12.1. The number of hydrogen-bond acceptors (Lipinski definition) is 3. The molecular weight excluding hydrogens is 306 g/mol. The highest BCUT2D eigenvalue weighted by molar-refractivity contribution is 7.98. The van der Waals surface area contributed by atoms with Crippen LogP contribution in [-0.4, -0.2) is 21.9 Å². The zero-order valence-corrected chi connectivity index (χ0v) is 13.6. The standard InChI is InChI=1S/C15H16ClN3OS/c1-10-13(15(16)19(2)18-10)7-8-14(20)17-11-5-4-6-12(9-11)21-3/h4-9H,1-3H3,(H,17,20)/b8-7+. The Hall–Kier alpha value is -1.72. The number of hydrogen-bond donors (Lipinski definition) is 1. The number of benzene rings is 1. The van der Waals surface area contributed by atoms with Gasteiger partial charge in [0.2, 0.25) is 5.91 Å². The first-order valence-corrected chi connectivity index (χ1v) is 7.93. The van der Waals surface area contributed by atoms with E-state index in [0.29, 0.717) is 5.15 Å². The molecule has 0 radical (unpaired) electrons. The number of rotatable bonds is 4. The Balaban J connectivity index is 2.09. The van der Waals surface area contributed by atoms with Crippen LogP contribution in [0.15, 0.2) is 35.2 Å². The first-order valence-electron chi connectivity index (χ1n) is 6.33. The fourth-order valence-electron chi connectivity index (χ4n) is 1.88. The molecule has 0 aliphatic heterocycles. The highest BCUT2D eigenvalue weighted by Gasteiger charge is 2.08. The third-order valence-electron chi connectivity index (χ3n) is 2.93. The Morgan fingerprint density at radius 2 is 2.24 bits per heavy atom. The van der Waals surface area contributed by atoms with Crippen molar-refractivity contribution in [3.8, 4) is 0 Å². The van der Waals surface area contributed by atoms with Gasteiger partial charge in [-0.05, 0) is 37.5 Å². The van der Waals surface area contributed by atoms with Crippen molar-refractivity contribution < 1.29 is 4.79 Å². The monoisotopic (exact) mass is 321 g/mol. The van der Waals surface area contributed by atoms with Crippen molar-refractivity contribution in [3.63, 3.8) is 0 Å². The maximum absolute atomic E-state index is 11.9. The molecule has 0 bridgehead atoms. The van der Waals surface area contributed by atoms with E-state index in [-0.39, 0.29) is 5.91 Å². The number of nitrogens with zero attached hydrogens (tertiary/aromatic N) is 2. The lowest BCUT2D eigenvalue weighted by molar-refractivity contribution is -0.111. The van der Waals surface area contributed by atoms with Gasteiger partial charge in [0.15, 0.2) is 0 Å². The van der Waals surface area contributed by atoms with Crippen LogP contribution < -0.4 is 5.32 Å². The quantitative estimate of drug-likeness (QED) is 0.689. The van der Waals surface area contributed by atoms with Crippen LogP contribution in [0.3, 0.4) is 0 Å². The summed E-state index contributed by atoms with van der Waals surface area (Å²) in [7, 11) is 1.76.